The molecule has 1 fully saturated rings. The summed E-state index contributed by atoms with van der Waals surface area (Å²) < 4.78 is 4.91. The third-order valence-corrected chi connectivity index (χ3v) is 4.25. The molecule has 3 nitrogen and oxygen atoms in total. The van der Waals surface area contributed by atoms with Crippen LogP contribution in [-0.2, 0) is 16.1 Å². The molecule has 0 aromatic heterocycles. The van der Waals surface area contributed by atoms with Gasteiger partial charge in [0.15, 0.2) is 0 Å². The van der Waals surface area contributed by atoms with Crippen molar-refractivity contribution in [2.75, 3.05) is 7.11 Å². The summed E-state index contributed by atoms with van der Waals surface area (Å²) in [5.74, 6) is 0.840. The topological polar surface area (TPSA) is 38.3 Å². The lowest BCUT2D eigenvalue weighted by Gasteiger charge is -2.22. The Balaban J connectivity index is 2.03. The highest BCUT2D eigenvalue weighted by molar-refractivity contribution is 5.76. The van der Waals surface area contributed by atoms with Gasteiger partial charge in [0, 0.05) is 6.54 Å². The van der Waals surface area contributed by atoms with Crippen molar-refractivity contribution in [1.29, 1.82) is 0 Å². The maximum absolute atomic E-state index is 11.9. The third kappa shape index (κ3) is 3.60. The molecule has 0 spiro atoms. The van der Waals surface area contributed by atoms with Gasteiger partial charge in [-0.2, -0.15) is 0 Å². The molecule has 0 aliphatic heterocycles. The molecule has 0 saturated heterocycles. The third-order valence-electron chi connectivity index (χ3n) is 4.25. The van der Waals surface area contributed by atoms with Crippen LogP contribution in [0.1, 0.15) is 50.2 Å². The highest BCUT2D eigenvalue weighted by Crippen LogP contribution is 2.41. The minimum Gasteiger partial charge on any atom is -0.468 e. The average molecular weight is 275 g/mol. The first kappa shape index (κ1) is 15.0. The Morgan fingerprint density at radius 2 is 2.10 bits per heavy atom. The van der Waals surface area contributed by atoms with Crippen molar-refractivity contribution < 1.29 is 9.53 Å². The summed E-state index contributed by atoms with van der Waals surface area (Å²) in [7, 11) is 1.46. The summed E-state index contributed by atoms with van der Waals surface area (Å²) in [6.45, 7) is 4.92. The monoisotopic (exact) mass is 275 g/mol. The number of methoxy groups -OCH3 is 1. The Morgan fingerprint density at radius 1 is 1.40 bits per heavy atom. The summed E-state index contributed by atoms with van der Waals surface area (Å²) >= 11 is 0. The minimum atomic E-state index is -0.225. The van der Waals surface area contributed by atoms with Gasteiger partial charge < -0.3 is 10.1 Å². The van der Waals surface area contributed by atoms with E-state index in [1.165, 1.54) is 31.1 Å². The van der Waals surface area contributed by atoms with Crippen molar-refractivity contribution in [1.82, 2.24) is 5.32 Å². The molecule has 2 rings (SSSR count). The van der Waals surface area contributed by atoms with E-state index >= 15 is 0 Å². The summed E-state index contributed by atoms with van der Waals surface area (Å²) in [4.78, 5) is 11.9. The van der Waals surface area contributed by atoms with E-state index in [4.69, 9.17) is 4.74 Å². The second kappa shape index (κ2) is 6.89. The van der Waals surface area contributed by atoms with E-state index in [9.17, 15) is 4.79 Å². The molecule has 3 heteroatoms. The van der Waals surface area contributed by atoms with Gasteiger partial charge in [-0.3, -0.25) is 4.79 Å². The lowest BCUT2D eigenvalue weighted by molar-refractivity contribution is -0.144. The second-order valence-corrected chi connectivity index (χ2v) is 5.74. The molecule has 1 aromatic carbocycles. The van der Waals surface area contributed by atoms with E-state index in [1.807, 2.05) is 0 Å². The Kier molecular flexibility index (Phi) is 5.18. The number of rotatable bonds is 7. The quantitative estimate of drug-likeness (QED) is 0.776. The molecule has 1 aromatic rings. The second-order valence-electron chi connectivity index (χ2n) is 5.74. The van der Waals surface area contributed by atoms with Crippen LogP contribution >= 0.6 is 0 Å². The standard InChI is InChI=1S/C17H25NO2/c1-4-12(2)16(17(19)20-3)18-11-14-7-5-6-8-15(14)13-9-10-13/h5-8,12-13,16,18H,4,9-11H2,1-3H3. The maximum atomic E-state index is 11.9. The first-order valence-electron chi connectivity index (χ1n) is 7.56. The van der Waals surface area contributed by atoms with Crippen LogP contribution in [-0.4, -0.2) is 19.1 Å². The average Bonchev–Trinajstić information content (AvgIpc) is 3.31. The van der Waals surface area contributed by atoms with Crippen molar-refractivity contribution in [3.63, 3.8) is 0 Å². The van der Waals surface area contributed by atoms with Crippen molar-refractivity contribution in [3.8, 4) is 0 Å². The molecule has 2 atom stereocenters. The molecule has 20 heavy (non-hydrogen) atoms. The van der Waals surface area contributed by atoms with Crippen LogP contribution in [0.5, 0.6) is 0 Å². The molecule has 1 aliphatic rings. The summed E-state index contributed by atoms with van der Waals surface area (Å²) in [6, 6.07) is 8.32. The molecule has 0 amide bonds. The fraction of sp³-hybridized carbons (Fsp3) is 0.588. The van der Waals surface area contributed by atoms with Crippen LogP contribution in [0.4, 0.5) is 0 Å². The number of hydrogen-bond donors (Lipinski definition) is 1. The molecular weight excluding hydrogens is 250 g/mol. The van der Waals surface area contributed by atoms with Crippen LogP contribution in [0.25, 0.3) is 0 Å². The number of hydrogen-bond acceptors (Lipinski definition) is 3. The number of nitrogens with one attached hydrogen (secondary N) is 1. The lowest BCUT2D eigenvalue weighted by atomic mass is 9.98. The largest absolute Gasteiger partial charge is 0.468 e. The molecule has 2 unspecified atom stereocenters. The van der Waals surface area contributed by atoms with Gasteiger partial charge in [-0.1, -0.05) is 44.5 Å². The molecular formula is C17H25NO2. The van der Waals surface area contributed by atoms with Crippen molar-refractivity contribution in [2.24, 2.45) is 5.92 Å². The molecule has 110 valence electrons. The zero-order chi connectivity index (χ0) is 14.5. The predicted molar refractivity (Wildman–Crippen MR) is 80.5 cm³/mol. The molecule has 1 N–H and O–H groups in total. The fourth-order valence-corrected chi connectivity index (χ4v) is 2.59. The summed E-state index contributed by atoms with van der Waals surface area (Å²) in [6.07, 6.45) is 3.54. The van der Waals surface area contributed by atoms with Crippen LogP contribution in [0.15, 0.2) is 24.3 Å². The maximum Gasteiger partial charge on any atom is 0.323 e. The van der Waals surface area contributed by atoms with E-state index in [2.05, 4.69) is 43.4 Å². The number of carbonyl (C=O) groups is 1. The number of benzene rings is 1. The Hall–Kier alpha value is -1.35. The Labute approximate surface area is 121 Å². The van der Waals surface area contributed by atoms with Gasteiger partial charge in [0.25, 0.3) is 0 Å². The molecule has 1 aliphatic carbocycles. The first-order valence-corrected chi connectivity index (χ1v) is 7.56. The van der Waals surface area contributed by atoms with Crippen molar-refractivity contribution in [2.45, 2.75) is 51.6 Å². The van der Waals surface area contributed by atoms with Crippen LogP contribution in [0.2, 0.25) is 0 Å². The molecule has 0 radical (unpaired) electrons. The normalized spacial score (nSPS) is 17.6. The molecule has 0 bridgehead atoms. The van der Waals surface area contributed by atoms with Gasteiger partial charge in [0.1, 0.15) is 6.04 Å². The van der Waals surface area contributed by atoms with Crippen molar-refractivity contribution in [3.05, 3.63) is 35.4 Å². The zero-order valence-corrected chi connectivity index (χ0v) is 12.7. The van der Waals surface area contributed by atoms with Crippen molar-refractivity contribution >= 4 is 5.97 Å². The summed E-state index contributed by atoms with van der Waals surface area (Å²) in [5.41, 5.74) is 2.75. The smallest absolute Gasteiger partial charge is 0.323 e. The van der Waals surface area contributed by atoms with Gasteiger partial charge in [-0.15, -0.1) is 0 Å². The Morgan fingerprint density at radius 3 is 2.70 bits per heavy atom. The van der Waals surface area contributed by atoms with Gasteiger partial charge in [-0.05, 0) is 35.8 Å². The van der Waals surface area contributed by atoms with E-state index in [0.29, 0.717) is 0 Å². The van der Waals surface area contributed by atoms with Crippen LogP contribution in [0, 0.1) is 5.92 Å². The van der Waals surface area contributed by atoms with E-state index in [1.54, 1.807) is 0 Å². The summed E-state index contributed by atoms with van der Waals surface area (Å²) in [5, 5.41) is 3.39. The highest BCUT2D eigenvalue weighted by atomic mass is 16.5. The predicted octanol–water partition coefficient (Wildman–Crippen LogP) is 3.24. The first-order chi connectivity index (χ1) is 9.67. The molecule has 1 saturated carbocycles. The fourth-order valence-electron chi connectivity index (χ4n) is 2.59. The van der Waals surface area contributed by atoms with Crippen LogP contribution < -0.4 is 5.32 Å². The van der Waals surface area contributed by atoms with E-state index in [-0.39, 0.29) is 17.9 Å². The minimum absolute atomic E-state index is 0.164. The molecule has 0 heterocycles. The highest BCUT2D eigenvalue weighted by Gasteiger charge is 2.27. The van der Waals surface area contributed by atoms with Gasteiger partial charge in [-0.25, -0.2) is 0 Å². The zero-order valence-electron chi connectivity index (χ0n) is 12.7. The van der Waals surface area contributed by atoms with Gasteiger partial charge >= 0.3 is 5.97 Å². The van der Waals surface area contributed by atoms with E-state index < -0.39 is 0 Å². The number of ether oxygens (including phenoxy) is 1. The van der Waals surface area contributed by atoms with Gasteiger partial charge in [0.2, 0.25) is 0 Å². The number of esters is 1. The van der Waals surface area contributed by atoms with Crippen LogP contribution in [0.3, 0.4) is 0 Å². The Bertz CT molecular complexity index is 454. The SMILES string of the molecule is CCC(C)C(NCc1ccccc1C1CC1)C(=O)OC. The number of carbonyl (C=O) groups excluding carboxylic acids is 1. The van der Waals surface area contributed by atoms with Gasteiger partial charge in [0.05, 0.1) is 7.11 Å². The van der Waals surface area contributed by atoms with E-state index in [0.717, 1.165) is 18.9 Å². The lowest BCUT2D eigenvalue weighted by Crippen LogP contribution is -2.42.